The van der Waals surface area contributed by atoms with Crippen molar-refractivity contribution in [3.05, 3.63) is 0 Å². The number of nitrogens with two attached hydrogens (primary N) is 1. The third kappa shape index (κ3) is 5.04. The minimum absolute atomic E-state index is 0.0402. The summed E-state index contributed by atoms with van der Waals surface area (Å²) in [4.78, 5) is 22.9. The van der Waals surface area contributed by atoms with Gasteiger partial charge in [-0.1, -0.05) is 19.3 Å². The van der Waals surface area contributed by atoms with Crippen LogP contribution in [0.2, 0.25) is 0 Å². The maximum Gasteiger partial charge on any atom is 0.308 e. The molecule has 1 aliphatic rings. The number of rotatable bonds is 6. The predicted octanol–water partition coefficient (Wildman–Crippen LogP) is 1.27. The Morgan fingerprint density at radius 3 is 2.56 bits per heavy atom. The molecule has 0 aromatic rings. The van der Waals surface area contributed by atoms with E-state index in [0.29, 0.717) is 19.4 Å². The van der Waals surface area contributed by atoms with E-state index in [4.69, 9.17) is 5.73 Å². The molecule has 4 N–H and O–H groups in total. The summed E-state index contributed by atoms with van der Waals surface area (Å²) in [5.74, 6) is -1.25. The van der Waals surface area contributed by atoms with E-state index in [2.05, 4.69) is 5.32 Å². The fourth-order valence-electron chi connectivity index (χ4n) is 2.48. The Morgan fingerprint density at radius 1 is 1.17 bits per heavy atom. The van der Waals surface area contributed by atoms with Gasteiger partial charge in [-0.25, -0.2) is 0 Å². The SMILES string of the molecule is NCCCCC(=O)NC1CCCCCC1C(=O)O. The zero-order chi connectivity index (χ0) is 13.4. The summed E-state index contributed by atoms with van der Waals surface area (Å²) in [7, 11) is 0. The molecular weight excluding hydrogens is 232 g/mol. The molecule has 18 heavy (non-hydrogen) atoms. The quantitative estimate of drug-likeness (QED) is 0.493. The molecular formula is C13H24N2O3. The molecule has 0 saturated heterocycles. The second-order valence-corrected chi connectivity index (χ2v) is 5.00. The zero-order valence-electron chi connectivity index (χ0n) is 10.9. The first kappa shape index (κ1) is 15.0. The van der Waals surface area contributed by atoms with Crippen LogP contribution in [0.15, 0.2) is 0 Å². The molecule has 2 unspecified atom stereocenters. The molecule has 1 fully saturated rings. The number of carboxylic acid groups (broad SMARTS) is 1. The second-order valence-electron chi connectivity index (χ2n) is 5.00. The minimum Gasteiger partial charge on any atom is -0.481 e. The Hall–Kier alpha value is -1.10. The molecule has 5 heteroatoms. The van der Waals surface area contributed by atoms with Crippen LogP contribution >= 0.6 is 0 Å². The van der Waals surface area contributed by atoms with Gasteiger partial charge in [0.1, 0.15) is 0 Å². The van der Waals surface area contributed by atoms with Gasteiger partial charge in [0.15, 0.2) is 0 Å². The lowest BCUT2D eigenvalue weighted by molar-refractivity contribution is -0.143. The van der Waals surface area contributed by atoms with Crippen LogP contribution in [0, 0.1) is 5.92 Å². The number of carboxylic acids is 1. The molecule has 1 aliphatic carbocycles. The van der Waals surface area contributed by atoms with Gasteiger partial charge in [0, 0.05) is 12.5 Å². The van der Waals surface area contributed by atoms with Gasteiger partial charge in [-0.3, -0.25) is 9.59 Å². The lowest BCUT2D eigenvalue weighted by Gasteiger charge is -2.22. The molecule has 0 aromatic heterocycles. The van der Waals surface area contributed by atoms with E-state index in [1.165, 1.54) is 0 Å². The Kier molecular flexibility index (Phi) is 6.72. The molecule has 1 saturated carbocycles. The zero-order valence-corrected chi connectivity index (χ0v) is 10.9. The predicted molar refractivity (Wildman–Crippen MR) is 69.0 cm³/mol. The largest absolute Gasteiger partial charge is 0.481 e. The standard InChI is InChI=1S/C13H24N2O3/c14-9-5-4-8-12(16)15-11-7-3-1-2-6-10(11)13(17)18/h10-11H,1-9,14H2,(H,15,16)(H,17,18). The fraction of sp³-hybridized carbons (Fsp3) is 0.846. The average Bonchev–Trinajstić information content (AvgIpc) is 2.55. The molecule has 1 rings (SSSR count). The topological polar surface area (TPSA) is 92.4 Å². The summed E-state index contributed by atoms with van der Waals surface area (Å²) in [6.45, 7) is 0.592. The van der Waals surface area contributed by atoms with Gasteiger partial charge < -0.3 is 16.2 Å². The first-order valence-electron chi connectivity index (χ1n) is 6.87. The number of hydrogen-bond donors (Lipinski definition) is 3. The minimum atomic E-state index is -0.788. The molecule has 0 heterocycles. The molecule has 0 bridgehead atoms. The third-order valence-electron chi connectivity index (χ3n) is 3.54. The molecule has 0 aromatic carbocycles. The van der Waals surface area contributed by atoms with Crippen LogP contribution in [0.25, 0.3) is 0 Å². The summed E-state index contributed by atoms with van der Waals surface area (Å²) in [6.07, 6.45) is 6.49. The lowest BCUT2D eigenvalue weighted by Crippen LogP contribution is -2.42. The van der Waals surface area contributed by atoms with Crippen LogP contribution in [-0.4, -0.2) is 29.6 Å². The van der Waals surface area contributed by atoms with Crippen molar-refractivity contribution in [1.29, 1.82) is 0 Å². The van der Waals surface area contributed by atoms with Crippen molar-refractivity contribution < 1.29 is 14.7 Å². The third-order valence-corrected chi connectivity index (χ3v) is 3.54. The van der Waals surface area contributed by atoms with Crippen molar-refractivity contribution in [2.45, 2.75) is 57.4 Å². The number of unbranched alkanes of at least 4 members (excludes halogenated alkanes) is 1. The van der Waals surface area contributed by atoms with Crippen LogP contribution in [0.4, 0.5) is 0 Å². The molecule has 2 atom stereocenters. The Bertz CT molecular complexity index is 281. The van der Waals surface area contributed by atoms with Gasteiger partial charge in [-0.2, -0.15) is 0 Å². The molecule has 104 valence electrons. The highest BCUT2D eigenvalue weighted by Crippen LogP contribution is 2.24. The molecule has 0 radical (unpaired) electrons. The molecule has 1 amide bonds. The summed E-state index contributed by atoms with van der Waals surface area (Å²) < 4.78 is 0. The second kappa shape index (κ2) is 8.08. The van der Waals surface area contributed by atoms with Crippen LogP contribution in [0.5, 0.6) is 0 Å². The molecule has 0 spiro atoms. The number of aliphatic carboxylic acids is 1. The van der Waals surface area contributed by atoms with E-state index in [0.717, 1.165) is 38.5 Å². The Labute approximate surface area is 108 Å². The van der Waals surface area contributed by atoms with Crippen molar-refractivity contribution in [3.63, 3.8) is 0 Å². The number of carbonyl (C=O) groups is 2. The molecule has 0 aliphatic heterocycles. The molecule has 5 nitrogen and oxygen atoms in total. The van der Waals surface area contributed by atoms with Crippen LogP contribution in [0.1, 0.15) is 51.4 Å². The summed E-state index contributed by atoms with van der Waals surface area (Å²) in [5, 5.41) is 12.1. The van der Waals surface area contributed by atoms with Crippen molar-refractivity contribution >= 4 is 11.9 Å². The highest BCUT2D eigenvalue weighted by atomic mass is 16.4. The number of nitrogens with one attached hydrogen (secondary N) is 1. The van der Waals surface area contributed by atoms with Gasteiger partial charge >= 0.3 is 5.97 Å². The van der Waals surface area contributed by atoms with Crippen molar-refractivity contribution in [2.75, 3.05) is 6.54 Å². The summed E-state index contributed by atoms with van der Waals surface area (Å²) in [5.41, 5.74) is 5.37. The Balaban J connectivity index is 2.44. The fourth-order valence-corrected chi connectivity index (χ4v) is 2.48. The van der Waals surface area contributed by atoms with E-state index < -0.39 is 11.9 Å². The maximum atomic E-state index is 11.7. The highest BCUT2D eigenvalue weighted by Gasteiger charge is 2.30. The van der Waals surface area contributed by atoms with Crippen molar-refractivity contribution in [2.24, 2.45) is 11.7 Å². The van der Waals surface area contributed by atoms with E-state index in [-0.39, 0.29) is 11.9 Å². The van der Waals surface area contributed by atoms with Crippen LogP contribution in [0.3, 0.4) is 0 Å². The monoisotopic (exact) mass is 256 g/mol. The van der Waals surface area contributed by atoms with E-state index in [9.17, 15) is 14.7 Å². The van der Waals surface area contributed by atoms with Crippen molar-refractivity contribution in [1.82, 2.24) is 5.32 Å². The van der Waals surface area contributed by atoms with Gasteiger partial charge in [0.2, 0.25) is 5.91 Å². The smallest absolute Gasteiger partial charge is 0.308 e. The van der Waals surface area contributed by atoms with Crippen LogP contribution in [-0.2, 0) is 9.59 Å². The normalized spacial score (nSPS) is 24.3. The lowest BCUT2D eigenvalue weighted by atomic mass is 9.94. The first-order valence-corrected chi connectivity index (χ1v) is 6.87. The number of amides is 1. The Morgan fingerprint density at radius 2 is 1.89 bits per heavy atom. The first-order chi connectivity index (χ1) is 8.65. The van der Waals surface area contributed by atoms with Crippen molar-refractivity contribution in [3.8, 4) is 0 Å². The van der Waals surface area contributed by atoms with Gasteiger partial charge in [-0.05, 0) is 32.2 Å². The van der Waals surface area contributed by atoms with Gasteiger partial charge in [0.05, 0.1) is 5.92 Å². The average molecular weight is 256 g/mol. The summed E-state index contributed by atoms with van der Waals surface area (Å²) >= 11 is 0. The van der Waals surface area contributed by atoms with Crippen LogP contribution < -0.4 is 11.1 Å². The van der Waals surface area contributed by atoms with E-state index in [1.807, 2.05) is 0 Å². The summed E-state index contributed by atoms with van der Waals surface area (Å²) in [6, 6.07) is -0.199. The number of carbonyl (C=O) groups excluding carboxylic acids is 1. The maximum absolute atomic E-state index is 11.7. The van der Waals surface area contributed by atoms with E-state index >= 15 is 0 Å². The van der Waals surface area contributed by atoms with E-state index in [1.54, 1.807) is 0 Å². The highest BCUT2D eigenvalue weighted by molar-refractivity contribution is 5.78. The number of hydrogen-bond acceptors (Lipinski definition) is 3. The van der Waals surface area contributed by atoms with Gasteiger partial charge in [-0.15, -0.1) is 0 Å². The van der Waals surface area contributed by atoms with Gasteiger partial charge in [0.25, 0.3) is 0 Å².